The fourth-order valence-electron chi connectivity index (χ4n) is 2.02. The highest BCUT2D eigenvalue weighted by molar-refractivity contribution is 5.73. The van der Waals surface area contributed by atoms with Gasteiger partial charge in [-0.2, -0.15) is 0 Å². The maximum Gasteiger partial charge on any atom is 0.309 e. The second-order valence-corrected chi connectivity index (χ2v) is 4.65. The molecule has 1 rings (SSSR count). The molecule has 3 heteroatoms. The molecule has 0 radical (unpaired) electrons. The van der Waals surface area contributed by atoms with Gasteiger partial charge >= 0.3 is 5.97 Å². The number of aliphatic hydroxyl groups excluding tert-OH is 1. The molecule has 0 saturated carbocycles. The van der Waals surface area contributed by atoms with Crippen LogP contribution in [0.4, 0.5) is 0 Å². The number of carbonyl (C=O) groups is 1. The lowest BCUT2D eigenvalue weighted by Gasteiger charge is -2.19. The summed E-state index contributed by atoms with van der Waals surface area (Å²) in [7, 11) is 0. The van der Waals surface area contributed by atoms with E-state index in [2.05, 4.69) is 13.2 Å². The molecule has 108 valence electrons. The Morgan fingerprint density at radius 1 is 1.40 bits per heavy atom. The van der Waals surface area contributed by atoms with Crippen molar-refractivity contribution < 1.29 is 14.6 Å². The number of carbonyl (C=O) groups excluding carboxylic acids is 1. The molecule has 1 N–H and O–H groups in total. The molecule has 0 aliphatic carbocycles. The Bertz CT molecular complexity index is 451. The first-order valence-electron chi connectivity index (χ1n) is 6.78. The molecule has 3 nitrogen and oxygen atoms in total. The monoisotopic (exact) mass is 274 g/mol. The molecule has 0 heterocycles. The van der Waals surface area contributed by atoms with Crippen molar-refractivity contribution in [1.29, 1.82) is 0 Å². The van der Waals surface area contributed by atoms with Crippen LogP contribution in [0.15, 0.2) is 55.1 Å². The lowest BCUT2D eigenvalue weighted by Crippen LogP contribution is -2.19. The standard InChI is InChI=1S/C17H22O3/c1-4-9-15(17(19)20-5-2)12-13(3)16(18)14-10-7-6-8-11-14/h4,6-8,10-11,15-16,18H,1,3,5,9,12H2,2H3. The predicted molar refractivity (Wildman–Crippen MR) is 80.1 cm³/mol. The van der Waals surface area contributed by atoms with Crippen LogP contribution >= 0.6 is 0 Å². The van der Waals surface area contributed by atoms with Crippen LogP contribution < -0.4 is 0 Å². The van der Waals surface area contributed by atoms with Crippen LogP contribution in [0.1, 0.15) is 31.4 Å². The van der Waals surface area contributed by atoms with E-state index in [1.807, 2.05) is 30.3 Å². The third kappa shape index (κ3) is 4.67. The molecule has 0 fully saturated rings. The maximum atomic E-state index is 11.8. The summed E-state index contributed by atoms with van der Waals surface area (Å²) < 4.78 is 5.03. The zero-order chi connectivity index (χ0) is 15.0. The molecule has 0 aliphatic heterocycles. The van der Waals surface area contributed by atoms with Crippen molar-refractivity contribution in [3.63, 3.8) is 0 Å². The largest absolute Gasteiger partial charge is 0.466 e. The molecule has 2 atom stereocenters. The van der Waals surface area contributed by atoms with Gasteiger partial charge in [-0.1, -0.05) is 43.0 Å². The van der Waals surface area contributed by atoms with Gasteiger partial charge in [0.25, 0.3) is 0 Å². The number of ether oxygens (including phenoxy) is 1. The van der Waals surface area contributed by atoms with Crippen LogP contribution in [0, 0.1) is 5.92 Å². The summed E-state index contributed by atoms with van der Waals surface area (Å²) in [6, 6.07) is 9.28. The van der Waals surface area contributed by atoms with Crippen LogP contribution in [0.3, 0.4) is 0 Å². The Kier molecular flexibility index (Phi) is 6.74. The number of allylic oxidation sites excluding steroid dienone is 1. The third-order valence-corrected chi connectivity index (χ3v) is 3.08. The van der Waals surface area contributed by atoms with Crippen molar-refractivity contribution in [2.75, 3.05) is 6.61 Å². The van der Waals surface area contributed by atoms with E-state index in [4.69, 9.17) is 4.74 Å². The van der Waals surface area contributed by atoms with E-state index in [9.17, 15) is 9.90 Å². The summed E-state index contributed by atoms with van der Waals surface area (Å²) in [5, 5.41) is 10.2. The van der Waals surface area contributed by atoms with Crippen LogP contribution in [0.5, 0.6) is 0 Å². The molecule has 0 aliphatic rings. The Morgan fingerprint density at radius 2 is 2.05 bits per heavy atom. The number of esters is 1. The molecule has 0 amide bonds. The Morgan fingerprint density at radius 3 is 2.60 bits per heavy atom. The van der Waals surface area contributed by atoms with Crippen molar-refractivity contribution in [2.45, 2.75) is 25.9 Å². The van der Waals surface area contributed by atoms with Gasteiger partial charge < -0.3 is 9.84 Å². The highest BCUT2D eigenvalue weighted by Crippen LogP contribution is 2.27. The van der Waals surface area contributed by atoms with E-state index >= 15 is 0 Å². The van der Waals surface area contributed by atoms with E-state index in [-0.39, 0.29) is 11.9 Å². The first kappa shape index (κ1) is 16.2. The number of aliphatic hydroxyl groups is 1. The predicted octanol–water partition coefficient (Wildman–Crippen LogP) is 3.42. The minimum atomic E-state index is -0.766. The summed E-state index contributed by atoms with van der Waals surface area (Å²) in [5.74, 6) is -0.605. The van der Waals surface area contributed by atoms with E-state index in [1.165, 1.54) is 0 Å². The smallest absolute Gasteiger partial charge is 0.309 e. The summed E-state index contributed by atoms with van der Waals surface area (Å²) in [6.45, 7) is 9.68. The normalized spacial score (nSPS) is 13.3. The number of benzene rings is 1. The Labute approximate surface area is 120 Å². The van der Waals surface area contributed by atoms with E-state index < -0.39 is 6.10 Å². The Balaban J connectivity index is 2.70. The van der Waals surface area contributed by atoms with Gasteiger partial charge in [-0.25, -0.2) is 0 Å². The number of hydrogen-bond acceptors (Lipinski definition) is 3. The molecule has 20 heavy (non-hydrogen) atoms. The van der Waals surface area contributed by atoms with Gasteiger partial charge in [0.2, 0.25) is 0 Å². The van der Waals surface area contributed by atoms with Crippen molar-refractivity contribution in [3.05, 3.63) is 60.7 Å². The molecule has 1 aromatic rings. The molecule has 0 saturated heterocycles. The van der Waals surface area contributed by atoms with Gasteiger partial charge in [0.15, 0.2) is 0 Å². The van der Waals surface area contributed by atoms with E-state index in [1.54, 1.807) is 13.0 Å². The minimum Gasteiger partial charge on any atom is -0.466 e. The third-order valence-electron chi connectivity index (χ3n) is 3.08. The van der Waals surface area contributed by atoms with Crippen molar-refractivity contribution in [3.8, 4) is 0 Å². The Hall–Kier alpha value is -1.87. The second kappa shape index (κ2) is 8.33. The van der Waals surface area contributed by atoms with Gasteiger partial charge in [-0.15, -0.1) is 6.58 Å². The molecular formula is C17H22O3. The second-order valence-electron chi connectivity index (χ2n) is 4.65. The highest BCUT2D eigenvalue weighted by Gasteiger charge is 2.22. The average Bonchev–Trinajstić information content (AvgIpc) is 2.47. The summed E-state index contributed by atoms with van der Waals surface area (Å²) in [6.07, 6.45) is 1.82. The van der Waals surface area contributed by atoms with Gasteiger partial charge in [-0.05, 0) is 30.9 Å². The minimum absolute atomic E-state index is 0.270. The zero-order valence-corrected chi connectivity index (χ0v) is 11.9. The molecule has 0 bridgehead atoms. The van der Waals surface area contributed by atoms with Crippen molar-refractivity contribution >= 4 is 5.97 Å². The molecule has 2 unspecified atom stereocenters. The summed E-state index contributed by atoms with van der Waals surface area (Å²) in [4.78, 5) is 11.8. The van der Waals surface area contributed by atoms with Crippen LogP contribution in [-0.4, -0.2) is 17.7 Å². The van der Waals surface area contributed by atoms with Gasteiger partial charge in [0.05, 0.1) is 18.6 Å². The molecule has 0 spiro atoms. The fraction of sp³-hybridized carbons (Fsp3) is 0.353. The van der Waals surface area contributed by atoms with E-state index in [0.29, 0.717) is 25.0 Å². The summed E-state index contributed by atoms with van der Waals surface area (Å²) >= 11 is 0. The molecule has 0 aromatic heterocycles. The number of hydrogen-bond donors (Lipinski definition) is 1. The lowest BCUT2D eigenvalue weighted by molar-refractivity contribution is -0.147. The number of rotatable bonds is 8. The fourth-order valence-corrected chi connectivity index (χ4v) is 2.02. The van der Waals surface area contributed by atoms with E-state index in [0.717, 1.165) is 5.56 Å². The topological polar surface area (TPSA) is 46.5 Å². The molecule has 1 aromatic carbocycles. The van der Waals surface area contributed by atoms with Crippen molar-refractivity contribution in [1.82, 2.24) is 0 Å². The molecular weight excluding hydrogens is 252 g/mol. The summed E-state index contributed by atoms with van der Waals surface area (Å²) in [5.41, 5.74) is 1.38. The average molecular weight is 274 g/mol. The first-order valence-corrected chi connectivity index (χ1v) is 6.78. The SMILES string of the molecule is C=CCC(CC(=C)C(O)c1ccccc1)C(=O)OCC. The van der Waals surface area contributed by atoms with Crippen LogP contribution in [-0.2, 0) is 9.53 Å². The van der Waals surface area contributed by atoms with Crippen molar-refractivity contribution in [2.24, 2.45) is 5.92 Å². The zero-order valence-electron chi connectivity index (χ0n) is 11.9. The van der Waals surface area contributed by atoms with Crippen LogP contribution in [0.2, 0.25) is 0 Å². The quantitative estimate of drug-likeness (QED) is 0.583. The van der Waals surface area contributed by atoms with Gasteiger partial charge in [0, 0.05) is 0 Å². The van der Waals surface area contributed by atoms with Gasteiger partial charge in [-0.3, -0.25) is 4.79 Å². The maximum absolute atomic E-state index is 11.8. The van der Waals surface area contributed by atoms with Gasteiger partial charge in [0.1, 0.15) is 0 Å². The first-order chi connectivity index (χ1) is 9.60. The lowest BCUT2D eigenvalue weighted by atomic mass is 9.91. The highest BCUT2D eigenvalue weighted by atomic mass is 16.5. The van der Waals surface area contributed by atoms with Crippen LogP contribution in [0.25, 0.3) is 0 Å².